The number of hydrogen-bond donors (Lipinski definition) is 4. The van der Waals surface area contributed by atoms with Crippen molar-refractivity contribution in [3.05, 3.63) is 78.4 Å². The lowest BCUT2D eigenvalue weighted by atomic mass is 10.1. The van der Waals surface area contributed by atoms with Gasteiger partial charge in [0.15, 0.2) is 0 Å². The number of rotatable bonds is 4. The standard InChI is InChI=1S/C23H20N4O3S/c1-14-21(28)27-19-13-15(7-12-20(19)31-14)22(29)24-17-8-10-18(11-9-17)26-23(30)25-16-5-3-2-4-6-16/h2-14H,1H3,(H,24,29)(H,27,28)(H2,25,26,30). The summed E-state index contributed by atoms with van der Waals surface area (Å²) in [7, 11) is 0. The number of benzene rings is 3. The molecule has 1 aliphatic heterocycles. The maximum absolute atomic E-state index is 12.6. The molecule has 0 saturated carbocycles. The minimum absolute atomic E-state index is 0.0746. The summed E-state index contributed by atoms with van der Waals surface area (Å²) in [5.41, 5.74) is 2.96. The lowest BCUT2D eigenvalue weighted by Gasteiger charge is -2.21. The summed E-state index contributed by atoms with van der Waals surface area (Å²) in [6.07, 6.45) is 0. The number of nitrogens with one attached hydrogen (secondary N) is 4. The molecule has 1 unspecified atom stereocenters. The Morgan fingerprint density at radius 2 is 1.45 bits per heavy atom. The van der Waals surface area contributed by atoms with Gasteiger partial charge in [-0.05, 0) is 61.5 Å². The zero-order valence-corrected chi connectivity index (χ0v) is 17.5. The van der Waals surface area contributed by atoms with Gasteiger partial charge in [0.1, 0.15) is 0 Å². The molecule has 1 heterocycles. The zero-order chi connectivity index (χ0) is 21.8. The van der Waals surface area contributed by atoms with Crippen LogP contribution in [0.15, 0.2) is 77.7 Å². The summed E-state index contributed by atoms with van der Waals surface area (Å²) < 4.78 is 0. The fraction of sp³-hybridized carbons (Fsp3) is 0.0870. The number of fused-ring (bicyclic) bond motifs is 1. The topological polar surface area (TPSA) is 99.3 Å². The fourth-order valence-corrected chi connectivity index (χ4v) is 3.94. The van der Waals surface area contributed by atoms with Crippen LogP contribution < -0.4 is 21.3 Å². The second-order valence-electron chi connectivity index (χ2n) is 6.94. The normalized spacial score (nSPS) is 14.7. The minimum Gasteiger partial charge on any atom is -0.324 e. The molecule has 1 aliphatic rings. The molecule has 0 saturated heterocycles. The Morgan fingerprint density at radius 3 is 2.13 bits per heavy atom. The van der Waals surface area contributed by atoms with E-state index in [0.29, 0.717) is 28.3 Å². The van der Waals surface area contributed by atoms with Crippen LogP contribution in [0.2, 0.25) is 0 Å². The van der Waals surface area contributed by atoms with Gasteiger partial charge in [0.25, 0.3) is 5.91 Å². The first-order valence-corrected chi connectivity index (χ1v) is 10.5. The van der Waals surface area contributed by atoms with Gasteiger partial charge in [-0.15, -0.1) is 11.8 Å². The van der Waals surface area contributed by atoms with E-state index in [4.69, 9.17) is 0 Å². The van der Waals surface area contributed by atoms with E-state index in [1.54, 1.807) is 48.5 Å². The van der Waals surface area contributed by atoms with Crippen molar-refractivity contribution in [3.8, 4) is 0 Å². The molecule has 0 radical (unpaired) electrons. The molecule has 8 heteroatoms. The molecular formula is C23H20N4O3S. The highest BCUT2D eigenvalue weighted by molar-refractivity contribution is 8.00. The van der Waals surface area contributed by atoms with Gasteiger partial charge in [0, 0.05) is 27.5 Å². The lowest BCUT2D eigenvalue weighted by molar-refractivity contribution is -0.115. The van der Waals surface area contributed by atoms with E-state index >= 15 is 0 Å². The SMILES string of the molecule is CC1Sc2ccc(C(=O)Nc3ccc(NC(=O)Nc4ccccc4)cc3)cc2NC1=O. The van der Waals surface area contributed by atoms with E-state index in [9.17, 15) is 14.4 Å². The van der Waals surface area contributed by atoms with Crippen molar-refractivity contribution < 1.29 is 14.4 Å². The lowest BCUT2D eigenvalue weighted by Crippen LogP contribution is -2.26. The Kier molecular flexibility index (Phi) is 5.90. The third-order valence-electron chi connectivity index (χ3n) is 4.60. The Balaban J connectivity index is 1.37. The first kappa shape index (κ1) is 20.5. The van der Waals surface area contributed by atoms with E-state index in [1.165, 1.54) is 11.8 Å². The second kappa shape index (κ2) is 8.93. The molecule has 0 bridgehead atoms. The Hall–Kier alpha value is -3.78. The van der Waals surface area contributed by atoms with E-state index in [0.717, 1.165) is 4.90 Å². The number of carbonyl (C=O) groups is 3. The van der Waals surface area contributed by atoms with Crippen LogP contribution in [0.25, 0.3) is 0 Å². The van der Waals surface area contributed by atoms with E-state index < -0.39 is 0 Å². The predicted molar refractivity (Wildman–Crippen MR) is 124 cm³/mol. The van der Waals surface area contributed by atoms with E-state index in [1.807, 2.05) is 31.2 Å². The number of hydrogen-bond acceptors (Lipinski definition) is 4. The highest BCUT2D eigenvalue weighted by Gasteiger charge is 2.23. The van der Waals surface area contributed by atoms with Gasteiger partial charge < -0.3 is 21.3 Å². The molecule has 31 heavy (non-hydrogen) atoms. The monoisotopic (exact) mass is 432 g/mol. The number of thioether (sulfide) groups is 1. The summed E-state index contributed by atoms with van der Waals surface area (Å²) in [6, 6.07) is 20.8. The maximum atomic E-state index is 12.6. The van der Waals surface area contributed by atoms with Crippen molar-refractivity contribution in [3.63, 3.8) is 0 Å². The number of carbonyl (C=O) groups excluding carboxylic acids is 3. The third-order valence-corrected chi connectivity index (χ3v) is 5.78. The predicted octanol–water partition coefficient (Wildman–Crippen LogP) is 5.02. The number of amides is 4. The van der Waals surface area contributed by atoms with Crippen LogP contribution in [0, 0.1) is 0 Å². The Labute approximate surface area is 183 Å². The maximum Gasteiger partial charge on any atom is 0.323 e. The number of para-hydroxylation sites is 1. The van der Waals surface area contributed by atoms with Gasteiger partial charge in [0.2, 0.25) is 5.91 Å². The molecule has 3 aromatic rings. The van der Waals surface area contributed by atoms with Crippen molar-refractivity contribution >= 4 is 52.4 Å². The van der Waals surface area contributed by atoms with Crippen molar-refractivity contribution in [1.82, 2.24) is 0 Å². The first-order chi connectivity index (χ1) is 15.0. The molecule has 0 spiro atoms. The average Bonchev–Trinajstić information content (AvgIpc) is 2.76. The molecule has 156 valence electrons. The quantitative estimate of drug-likeness (QED) is 0.465. The summed E-state index contributed by atoms with van der Waals surface area (Å²) >= 11 is 1.47. The molecule has 0 aromatic heterocycles. The van der Waals surface area contributed by atoms with Gasteiger partial charge in [-0.1, -0.05) is 18.2 Å². The van der Waals surface area contributed by atoms with Crippen LogP contribution >= 0.6 is 11.8 Å². The summed E-state index contributed by atoms with van der Waals surface area (Å²) in [4.78, 5) is 37.5. The molecule has 4 amide bonds. The molecule has 0 fully saturated rings. The highest BCUT2D eigenvalue weighted by atomic mass is 32.2. The molecule has 4 N–H and O–H groups in total. The van der Waals surface area contributed by atoms with Gasteiger partial charge in [-0.25, -0.2) is 4.79 Å². The first-order valence-electron chi connectivity index (χ1n) is 9.64. The summed E-state index contributed by atoms with van der Waals surface area (Å²) in [5, 5.41) is 11.0. The van der Waals surface area contributed by atoms with Crippen molar-refractivity contribution in [2.24, 2.45) is 0 Å². The van der Waals surface area contributed by atoms with Crippen molar-refractivity contribution in [2.45, 2.75) is 17.1 Å². The Morgan fingerprint density at radius 1 is 0.839 bits per heavy atom. The van der Waals surface area contributed by atoms with Gasteiger partial charge in [0.05, 0.1) is 10.9 Å². The van der Waals surface area contributed by atoms with E-state index in [2.05, 4.69) is 21.3 Å². The van der Waals surface area contributed by atoms with Crippen LogP contribution in [0.5, 0.6) is 0 Å². The van der Waals surface area contributed by atoms with E-state index in [-0.39, 0.29) is 23.1 Å². The van der Waals surface area contributed by atoms with Crippen LogP contribution in [0.4, 0.5) is 27.5 Å². The van der Waals surface area contributed by atoms with Crippen LogP contribution in [-0.4, -0.2) is 23.1 Å². The summed E-state index contributed by atoms with van der Waals surface area (Å²) in [5.74, 6) is -0.363. The molecule has 3 aromatic carbocycles. The molecule has 1 atom stereocenters. The van der Waals surface area contributed by atoms with Crippen LogP contribution in [0.1, 0.15) is 17.3 Å². The zero-order valence-electron chi connectivity index (χ0n) is 16.6. The average molecular weight is 433 g/mol. The Bertz CT molecular complexity index is 1130. The molecule has 0 aliphatic carbocycles. The van der Waals surface area contributed by atoms with Gasteiger partial charge in [-0.2, -0.15) is 0 Å². The molecule has 7 nitrogen and oxygen atoms in total. The third kappa shape index (κ3) is 5.04. The van der Waals surface area contributed by atoms with Gasteiger partial charge in [-0.3, -0.25) is 9.59 Å². The summed E-state index contributed by atoms with van der Waals surface area (Å²) in [6.45, 7) is 1.84. The highest BCUT2D eigenvalue weighted by Crippen LogP contribution is 2.36. The van der Waals surface area contributed by atoms with Crippen LogP contribution in [0.3, 0.4) is 0 Å². The molecular weight excluding hydrogens is 412 g/mol. The minimum atomic E-state index is -0.355. The fourth-order valence-electron chi connectivity index (χ4n) is 3.01. The second-order valence-corrected chi connectivity index (χ2v) is 8.32. The van der Waals surface area contributed by atoms with Gasteiger partial charge >= 0.3 is 6.03 Å². The van der Waals surface area contributed by atoms with Crippen molar-refractivity contribution in [2.75, 3.05) is 21.3 Å². The van der Waals surface area contributed by atoms with Crippen LogP contribution in [-0.2, 0) is 4.79 Å². The smallest absolute Gasteiger partial charge is 0.323 e. The largest absolute Gasteiger partial charge is 0.324 e. The molecule has 4 rings (SSSR count). The number of urea groups is 1. The number of anilines is 4. The van der Waals surface area contributed by atoms with Crippen molar-refractivity contribution in [1.29, 1.82) is 0 Å².